The van der Waals surface area contributed by atoms with E-state index in [4.69, 9.17) is 5.73 Å². The zero-order chi connectivity index (χ0) is 10.6. The van der Waals surface area contributed by atoms with Crippen LogP contribution >= 0.6 is 15.9 Å². The van der Waals surface area contributed by atoms with Crippen LogP contribution in [0.4, 0.5) is 0 Å². The summed E-state index contributed by atoms with van der Waals surface area (Å²) in [6.07, 6.45) is 3.29. The molecule has 0 fully saturated rings. The summed E-state index contributed by atoms with van der Waals surface area (Å²) >= 11 is 3.28. The fraction of sp³-hybridized carbons (Fsp3) is 0.455. The molecular weight excluding hydrogens is 242 g/mol. The SMILES string of the molecule is CCCC[C@H](N)c1ccc(O)c(Br)c1. The van der Waals surface area contributed by atoms with Crippen molar-refractivity contribution >= 4 is 15.9 Å². The zero-order valence-corrected chi connectivity index (χ0v) is 9.92. The molecule has 0 saturated heterocycles. The van der Waals surface area contributed by atoms with Crippen LogP contribution in [-0.2, 0) is 0 Å². The molecule has 1 aromatic rings. The van der Waals surface area contributed by atoms with Gasteiger partial charge in [-0.1, -0.05) is 25.8 Å². The Morgan fingerprint density at radius 1 is 1.50 bits per heavy atom. The van der Waals surface area contributed by atoms with Crippen LogP contribution in [0.2, 0.25) is 0 Å². The lowest BCUT2D eigenvalue weighted by atomic mass is 10.0. The topological polar surface area (TPSA) is 46.2 Å². The third-order valence-corrected chi connectivity index (χ3v) is 2.90. The molecule has 3 N–H and O–H groups in total. The van der Waals surface area contributed by atoms with Gasteiger partial charge in [-0.15, -0.1) is 0 Å². The van der Waals surface area contributed by atoms with Crippen LogP contribution in [0, 0.1) is 0 Å². The van der Waals surface area contributed by atoms with Crippen LogP contribution in [0.25, 0.3) is 0 Å². The highest BCUT2D eigenvalue weighted by Crippen LogP contribution is 2.27. The molecule has 0 unspecified atom stereocenters. The van der Waals surface area contributed by atoms with E-state index >= 15 is 0 Å². The summed E-state index contributed by atoms with van der Waals surface area (Å²) in [5.41, 5.74) is 7.07. The number of aromatic hydroxyl groups is 1. The van der Waals surface area contributed by atoms with Crippen LogP contribution in [0.1, 0.15) is 37.8 Å². The van der Waals surface area contributed by atoms with Gasteiger partial charge in [-0.3, -0.25) is 0 Å². The molecule has 14 heavy (non-hydrogen) atoms. The van der Waals surface area contributed by atoms with Crippen molar-refractivity contribution < 1.29 is 5.11 Å². The van der Waals surface area contributed by atoms with Gasteiger partial charge >= 0.3 is 0 Å². The molecular formula is C11H16BrNO. The summed E-state index contributed by atoms with van der Waals surface area (Å²) in [6.45, 7) is 2.15. The van der Waals surface area contributed by atoms with E-state index in [1.54, 1.807) is 6.07 Å². The molecule has 2 nitrogen and oxygen atoms in total. The van der Waals surface area contributed by atoms with Gasteiger partial charge in [0.15, 0.2) is 0 Å². The van der Waals surface area contributed by atoms with Crippen LogP contribution < -0.4 is 5.73 Å². The quantitative estimate of drug-likeness (QED) is 0.869. The van der Waals surface area contributed by atoms with Gasteiger partial charge in [0.2, 0.25) is 0 Å². The lowest BCUT2D eigenvalue weighted by Gasteiger charge is -2.12. The molecule has 3 heteroatoms. The molecule has 0 amide bonds. The number of unbranched alkanes of at least 4 members (excludes halogenated alkanes) is 1. The molecule has 0 aromatic heterocycles. The maximum atomic E-state index is 9.31. The van der Waals surface area contributed by atoms with Crippen molar-refractivity contribution in [2.24, 2.45) is 5.73 Å². The molecule has 78 valence electrons. The lowest BCUT2D eigenvalue weighted by molar-refractivity contribution is 0.471. The average molecular weight is 258 g/mol. The monoisotopic (exact) mass is 257 g/mol. The second-order valence-corrected chi connectivity index (χ2v) is 4.31. The first-order chi connectivity index (χ1) is 6.65. The predicted octanol–water partition coefficient (Wildman–Crippen LogP) is 3.34. The Labute approximate surface area is 93.3 Å². The first-order valence-corrected chi connectivity index (χ1v) is 5.68. The summed E-state index contributed by atoms with van der Waals surface area (Å²) in [4.78, 5) is 0. The number of hydrogen-bond acceptors (Lipinski definition) is 2. The highest BCUT2D eigenvalue weighted by molar-refractivity contribution is 9.10. The van der Waals surface area contributed by atoms with Gasteiger partial charge in [0.25, 0.3) is 0 Å². The molecule has 0 heterocycles. The number of halogens is 1. The Bertz CT molecular complexity index is 301. The van der Waals surface area contributed by atoms with E-state index in [9.17, 15) is 5.11 Å². The van der Waals surface area contributed by atoms with Gasteiger partial charge in [0.1, 0.15) is 5.75 Å². The summed E-state index contributed by atoms with van der Waals surface area (Å²) in [7, 11) is 0. The Morgan fingerprint density at radius 2 is 2.21 bits per heavy atom. The second kappa shape index (κ2) is 5.37. The Balaban J connectivity index is 2.70. The van der Waals surface area contributed by atoms with Gasteiger partial charge in [-0.25, -0.2) is 0 Å². The number of rotatable bonds is 4. The minimum absolute atomic E-state index is 0.0758. The molecule has 0 spiro atoms. The highest BCUT2D eigenvalue weighted by atomic mass is 79.9. The number of nitrogens with two attached hydrogens (primary N) is 1. The van der Waals surface area contributed by atoms with Gasteiger partial charge in [-0.2, -0.15) is 0 Å². The lowest BCUT2D eigenvalue weighted by Crippen LogP contribution is -2.09. The number of hydrogen-bond donors (Lipinski definition) is 2. The molecule has 0 radical (unpaired) electrons. The van der Waals surface area contributed by atoms with E-state index in [-0.39, 0.29) is 11.8 Å². The third kappa shape index (κ3) is 3.00. The van der Waals surface area contributed by atoms with Gasteiger partial charge in [0, 0.05) is 6.04 Å². The Kier molecular flexibility index (Phi) is 4.42. The summed E-state index contributed by atoms with van der Waals surface area (Å²) in [5, 5.41) is 9.31. The fourth-order valence-electron chi connectivity index (χ4n) is 1.34. The third-order valence-electron chi connectivity index (χ3n) is 2.27. The first-order valence-electron chi connectivity index (χ1n) is 4.89. The van der Waals surface area contributed by atoms with E-state index in [0.29, 0.717) is 4.47 Å². The Hall–Kier alpha value is -0.540. The summed E-state index contributed by atoms with van der Waals surface area (Å²) in [5.74, 6) is 0.261. The molecule has 1 aromatic carbocycles. The van der Waals surface area contributed by atoms with Crippen molar-refractivity contribution in [3.63, 3.8) is 0 Å². The van der Waals surface area contributed by atoms with E-state index in [2.05, 4.69) is 22.9 Å². The van der Waals surface area contributed by atoms with Gasteiger partial charge in [0.05, 0.1) is 4.47 Å². The second-order valence-electron chi connectivity index (χ2n) is 3.46. The standard InChI is InChI=1S/C11H16BrNO/c1-2-3-4-10(13)8-5-6-11(14)9(12)7-8/h5-7,10,14H,2-4,13H2,1H3/t10-/m0/s1. The van der Waals surface area contributed by atoms with E-state index in [1.807, 2.05) is 12.1 Å². The maximum Gasteiger partial charge on any atom is 0.129 e. The zero-order valence-electron chi connectivity index (χ0n) is 8.33. The number of phenols is 1. The average Bonchev–Trinajstić information content (AvgIpc) is 2.18. The maximum absolute atomic E-state index is 9.31. The Morgan fingerprint density at radius 3 is 2.79 bits per heavy atom. The van der Waals surface area contributed by atoms with Crippen molar-refractivity contribution in [3.05, 3.63) is 28.2 Å². The van der Waals surface area contributed by atoms with Crippen molar-refractivity contribution in [3.8, 4) is 5.75 Å². The predicted molar refractivity (Wildman–Crippen MR) is 62.3 cm³/mol. The molecule has 0 aliphatic heterocycles. The normalized spacial score (nSPS) is 12.8. The van der Waals surface area contributed by atoms with E-state index < -0.39 is 0 Å². The van der Waals surface area contributed by atoms with Crippen LogP contribution in [-0.4, -0.2) is 5.11 Å². The van der Waals surface area contributed by atoms with Crippen LogP contribution in [0.5, 0.6) is 5.75 Å². The highest BCUT2D eigenvalue weighted by Gasteiger charge is 2.07. The molecule has 0 saturated carbocycles. The van der Waals surface area contributed by atoms with Crippen molar-refractivity contribution in [2.75, 3.05) is 0 Å². The smallest absolute Gasteiger partial charge is 0.129 e. The minimum atomic E-state index is 0.0758. The van der Waals surface area contributed by atoms with Crippen LogP contribution in [0.15, 0.2) is 22.7 Å². The van der Waals surface area contributed by atoms with E-state index in [1.165, 1.54) is 0 Å². The minimum Gasteiger partial charge on any atom is -0.507 e. The number of phenolic OH excluding ortho intramolecular Hbond substituents is 1. The van der Waals surface area contributed by atoms with Gasteiger partial charge in [-0.05, 0) is 40.0 Å². The molecule has 1 atom stereocenters. The molecule has 0 aliphatic carbocycles. The first kappa shape index (κ1) is 11.5. The fourth-order valence-corrected chi connectivity index (χ4v) is 1.74. The molecule has 0 bridgehead atoms. The van der Waals surface area contributed by atoms with E-state index in [0.717, 1.165) is 24.8 Å². The van der Waals surface area contributed by atoms with Crippen LogP contribution in [0.3, 0.4) is 0 Å². The summed E-state index contributed by atoms with van der Waals surface area (Å²) < 4.78 is 0.710. The molecule has 0 aliphatic rings. The summed E-state index contributed by atoms with van der Waals surface area (Å²) in [6, 6.07) is 5.51. The molecule has 1 rings (SSSR count). The van der Waals surface area contributed by atoms with Crippen molar-refractivity contribution in [1.82, 2.24) is 0 Å². The van der Waals surface area contributed by atoms with Gasteiger partial charge < -0.3 is 10.8 Å². The van der Waals surface area contributed by atoms with Crippen molar-refractivity contribution in [1.29, 1.82) is 0 Å². The van der Waals surface area contributed by atoms with Crippen molar-refractivity contribution in [2.45, 2.75) is 32.2 Å². The number of benzene rings is 1. The largest absolute Gasteiger partial charge is 0.507 e.